The molecule has 1 saturated carbocycles. The standard InChI is InChI=1S/C23H26N2O2/c24-21(26)19-8-6-17(7-9-19)16-18-10-14-25(15-11-18)22(27)23(12-13-23)20-4-2-1-3-5-20/h1-9,18H,10-16H2,(H2,24,26). The normalized spacial score (nSPS) is 18.9. The lowest BCUT2D eigenvalue weighted by atomic mass is 9.88. The SMILES string of the molecule is NC(=O)c1ccc(CC2CCN(C(=O)C3(c4ccccc4)CC3)CC2)cc1. The van der Waals surface area contributed by atoms with E-state index in [0.29, 0.717) is 17.4 Å². The zero-order valence-corrected chi connectivity index (χ0v) is 15.6. The highest BCUT2D eigenvalue weighted by Crippen LogP contribution is 2.49. The molecule has 0 atom stereocenters. The number of carbonyl (C=O) groups excluding carboxylic acids is 2. The van der Waals surface area contributed by atoms with Crippen LogP contribution in [0.25, 0.3) is 0 Å². The molecule has 27 heavy (non-hydrogen) atoms. The van der Waals surface area contributed by atoms with Crippen LogP contribution in [0, 0.1) is 5.92 Å². The second kappa shape index (κ2) is 7.18. The van der Waals surface area contributed by atoms with E-state index in [4.69, 9.17) is 5.73 Å². The highest BCUT2D eigenvalue weighted by molar-refractivity contribution is 5.92. The van der Waals surface area contributed by atoms with Crippen molar-refractivity contribution in [3.63, 3.8) is 0 Å². The zero-order chi connectivity index (χ0) is 18.9. The number of carbonyl (C=O) groups is 2. The molecule has 0 unspecified atom stereocenters. The first-order chi connectivity index (χ1) is 13.1. The molecule has 2 fully saturated rings. The molecule has 4 rings (SSSR count). The van der Waals surface area contributed by atoms with Gasteiger partial charge in [0, 0.05) is 18.7 Å². The first-order valence-corrected chi connectivity index (χ1v) is 9.82. The van der Waals surface area contributed by atoms with Gasteiger partial charge in [0.25, 0.3) is 0 Å². The zero-order valence-electron chi connectivity index (χ0n) is 15.6. The number of nitrogens with two attached hydrogens (primary N) is 1. The van der Waals surface area contributed by atoms with Crippen molar-refractivity contribution >= 4 is 11.8 Å². The third-order valence-electron chi connectivity index (χ3n) is 6.15. The van der Waals surface area contributed by atoms with Gasteiger partial charge < -0.3 is 10.6 Å². The predicted octanol–water partition coefficient (Wildman–Crippen LogP) is 3.30. The fourth-order valence-corrected chi connectivity index (χ4v) is 4.29. The number of piperidine rings is 1. The van der Waals surface area contributed by atoms with E-state index in [1.165, 1.54) is 11.1 Å². The van der Waals surface area contributed by atoms with E-state index in [-0.39, 0.29) is 11.3 Å². The molecule has 2 aromatic carbocycles. The maximum absolute atomic E-state index is 13.1. The molecule has 2 aliphatic rings. The number of primary amides is 1. The molecule has 1 saturated heterocycles. The second-order valence-electron chi connectivity index (χ2n) is 7.95. The van der Waals surface area contributed by atoms with Crippen molar-refractivity contribution in [3.05, 3.63) is 71.3 Å². The highest BCUT2D eigenvalue weighted by Gasteiger charge is 2.53. The van der Waals surface area contributed by atoms with E-state index in [2.05, 4.69) is 17.0 Å². The lowest BCUT2D eigenvalue weighted by Crippen LogP contribution is -2.44. The van der Waals surface area contributed by atoms with Gasteiger partial charge in [-0.15, -0.1) is 0 Å². The first-order valence-electron chi connectivity index (χ1n) is 9.82. The summed E-state index contributed by atoms with van der Waals surface area (Å²) in [4.78, 5) is 26.4. The summed E-state index contributed by atoms with van der Waals surface area (Å²) in [6.07, 6.45) is 5.01. The van der Waals surface area contributed by atoms with Gasteiger partial charge in [0.2, 0.25) is 11.8 Å². The number of nitrogens with zero attached hydrogens (tertiary/aromatic N) is 1. The van der Waals surface area contributed by atoms with Crippen LogP contribution in [0.4, 0.5) is 0 Å². The topological polar surface area (TPSA) is 63.4 Å². The minimum Gasteiger partial charge on any atom is -0.366 e. The first kappa shape index (κ1) is 17.8. The molecule has 4 nitrogen and oxygen atoms in total. The Morgan fingerprint density at radius 2 is 1.59 bits per heavy atom. The molecule has 0 radical (unpaired) electrons. The number of amides is 2. The molecular weight excluding hydrogens is 336 g/mol. The quantitative estimate of drug-likeness (QED) is 0.887. The Hall–Kier alpha value is -2.62. The Bertz CT molecular complexity index is 817. The molecule has 0 spiro atoms. The predicted molar refractivity (Wildman–Crippen MR) is 105 cm³/mol. The summed E-state index contributed by atoms with van der Waals surface area (Å²) < 4.78 is 0. The van der Waals surface area contributed by atoms with Crippen molar-refractivity contribution in [2.75, 3.05) is 13.1 Å². The molecular formula is C23H26N2O2. The molecule has 2 N–H and O–H groups in total. The summed E-state index contributed by atoms with van der Waals surface area (Å²) in [6, 6.07) is 17.8. The molecule has 0 bridgehead atoms. The van der Waals surface area contributed by atoms with Gasteiger partial charge in [0.1, 0.15) is 0 Å². The summed E-state index contributed by atoms with van der Waals surface area (Å²) in [6.45, 7) is 1.69. The van der Waals surface area contributed by atoms with Gasteiger partial charge in [0.05, 0.1) is 5.41 Å². The van der Waals surface area contributed by atoms with Crippen LogP contribution in [0.1, 0.15) is 47.2 Å². The Kier molecular flexibility index (Phi) is 4.73. The van der Waals surface area contributed by atoms with Gasteiger partial charge in [-0.1, -0.05) is 42.5 Å². The molecule has 1 aliphatic carbocycles. The summed E-state index contributed by atoms with van der Waals surface area (Å²) >= 11 is 0. The number of benzene rings is 2. The van der Waals surface area contributed by atoms with E-state index < -0.39 is 0 Å². The van der Waals surface area contributed by atoms with Crippen LogP contribution in [0.2, 0.25) is 0 Å². The Morgan fingerprint density at radius 1 is 0.963 bits per heavy atom. The summed E-state index contributed by atoms with van der Waals surface area (Å²) in [5, 5.41) is 0. The van der Waals surface area contributed by atoms with E-state index in [9.17, 15) is 9.59 Å². The van der Waals surface area contributed by atoms with Crippen LogP contribution in [0.5, 0.6) is 0 Å². The van der Waals surface area contributed by atoms with Gasteiger partial charge in [-0.2, -0.15) is 0 Å². The van der Waals surface area contributed by atoms with Gasteiger partial charge in [-0.25, -0.2) is 0 Å². The Balaban J connectivity index is 1.34. The van der Waals surface area contributed by atoms with Gasteiger partial charge in [-0.05, 0) is 61.3 Å². The van der Waals surface area contributed by atoms with Crippen molar-refractivity contribution in [3.8, 4) is 0 Å². The average Bonchev–Trinajstić information content (AvgIpc) is 3.51. The smallest absolute Gasteiger partial charge is 0.248 e. The molecule has 2 amide bonds. The van der Waals surface area contributed by atoms with Crippen LogP contribution in [-0.2, 0) is 16.6 Å². The second-order valence-corrected chi connectivity index (χ2v) is 7.95. The number of likely N-dealkylation sites (tertiary alicyclic amines) is 1. The molecule has 1 heterocycles. The van der Waals surface area contributed by atoms with Crippen molar-refractivity contribution in [2.45, 2.75) is 37.5 Å². The maximum atomic E-state index is 13.1. The van der Waals surface area contributed by atoms with E-state index in [1.54, 1.807) is 12.1 Å². The van der Waals surface area contributed by atoms with Crippen LogP contribution in [0.15, 0.2) is 54.6 Å². The molecule has 4 heteroatoms. The summed E-state index contributed by atoms with van der Waals surface area (Å²) in [5.41, 5.74) is 8.00. The van der Waals surface area contributed by atoms with E-state index >= 15 is 0 Å². The van der Waals surface area contributed by atoms with Crippen molar-refractivity contribution in [1.82, 2.24) is 4.90 Å². The molecule has 2 aromatic rings. The molecule has 140 valence electrons. The number of hydrogen-bond donors (Lipinski definition) is 1. The van der Waals surface area contributed by atoms with Gasteiger partial charge in [0.15, 0.2) is 0 Å². The van der Waals surface area contributed by atoms with Crippen LogP contribution in [-0.4, -0.2) is 29.8 Å². The highest BCUT2D eigenvalue weighted by atomic mass is 16.2. The fraction of sp³-hybridized carbons (Fsp3) is 0.391. The summed E-state index contributed by atoms with van der Waals surface area (Å²) in [7, 11) is 0. The summed E-state index contributed by atoms with van der Waals surface area (Å²) in [5.74, 6) is 0.513. The third kappa shape index (κ3) is 3.61. The van der Waals surface area contributed by atoms with E-state index in [1.807, 2.05) is 30.3 Å². The van der Waals surface area contributed by atoms with Crippen LogP contribution >= 0.6 is 0 Å². The van der Waals surface area contributed by atoms with E-state index in [0.717, 1.165) is 45.2 Å². The average molecular weight is 362 g/mol. The minimum absolute atomic E-state index is 0.251. The van der Waals surface area contributed by atoms with Crippen LogP contribution < -0.4 is 5.73 Å². The lowest BCUT2D eigenvalue weighted by Gasteiger charge is -2.34. The number of hydrogen-bond acceptors (Lipinski definition) is 2. The van der Waals surface area contributed by atoms with Crippen molar-refractivity contribution < 1.29 is 9.59 Å². The fourth-order valence-electron chi connectivity index (χ4n) is 4.29. The molecule has 0 aromatic heterocycles. The monoisotopic (exact) mass is 362 g/mol. The largest absolute Gasteiger partial charge is 0.366 e. The third-order valence-corrected chi connectivity index (χ3v) is 6.15. The van der Waals surface area contributed by atoms with Gasteiger partial charge in [-0.3, -0.25) is 9.59 Å². The minimum atomic E-state index is -0.388. The Morgan fingerprint density at radius 3 is 2.15 bits per heavy atom. The van der Waals surface area contributed by atoms with Crippen molar-refractivity contribution in [2.24, 2.45) is 11.7 Å². The lowest BCUT2D eigenvalue weighted by molar-refractivity contribution is -0.135. The molecule has 1 aliphatic heterocycles. The van der Waals surface area contributed by atoms with Crippen molar-refractivity contribution in [1.29, 1.82) is 0 Å². The number of rotatable bonds is 5. The van der Waals surface area contributed by atoms with Gasteiger partial charge >= 0.3 is 0 Å². The Labute approximate surface area is 160 Å². The maximum Gasteiger partial charge on any atom is 0.248 e. The van der Waals surface area contributed by atoms with Crippen LogP contribution in [0.3, 0.4) is 0 Å².